The third-order valence-corrected chi connectivity index (χ3v) is 4.80. The lowest BCUT2D eigenvalue weighted by atomic mass is 10.1. The first-order valence-corrected chi connectivity index (χ1v) is 8.73. The van der Waals surface area contributed by atoms with E-state index >= 15 is 0 Å². The van der Waals surface area contributed by atoms with Gasteiger partial charge in [0.15, 0.2) is 0 Å². The number of anilines is 1. The van der Waals surface area contributed by atoms with E-state index in [4.69, 9.17) is 0 Å². The Hall–Kier alpha value is -3.15. The van der Waals surface area contributed by atoms with Gasteiger partial charge >= 0.3 is 0 Å². The second-order valence-electron chi connectivity index (χ2n) is 6.64. The molecule has 0 saturated carbocycles. The number of amides is 2. The molecule has 2 amide bonds. The van der Waals surface area contributed by atoms with Gasteiger partial charge in [0.1, 0.15) is 6.04 Å². The number of hydrogen-bond donors (Lipinski definition) is 2. The number of carbonyl (C=O) groups is 2. The zero-order valence-corrected chi connectivity index (χ0v) is 14.5. The molecule has 3 aromatic rings. The van der Waals surface area contributed by atoms with Crippen LogP contribution in [0.5, 0.6) is 0 Å². The lowest BCUT2D eigenvalue weighted by Gasteiger charge is -2.21. The number of aromatic amines is 1. The molecule has 1 fully saturated rings. The molecule has 6 nitrogen and oxygen atoms in total. The molecule has 1 aliphatic rings. The maximum atomic E-state index is 12.8. The Bertz CT molecular complexity index is 951. The van der Waals surface area contributed by atoms with Gasteiger partial charge in [0.25, 0.3) is 0 Å². The molecule has 1 saturated heterocycles. The maximum absolute atomic E-state index is 12.8. The van der Waals surface area contributed by atoms with E-state index in [1.165, 1.54) is 0 Å². The van der Waals surface area contributed by atoms with Crippen molar-refractivity contribution in [2.75, 3.05) is 4.90 Å². The van der Waals surface area contributed by atoms with Crippen LogP contribution in [0, 0.1) is 0 Å². The van der Waals surface area contributed by atoms with Gasteiger partial charge in [0.05, 0.1) is 17.6 Å². The molecule has 1 aromatic heterocycles. The molecule has 2 atom stereocenters. The summed E-state index contributed by atoms with van der Waals surface area (Å²) < 4.78 is 0. The number of H-pyrrole nitrogens is 1. The van der Waals surface area contributed by atoms with Crippen LogP contribution in [0.3, 0.4) is 0 Å². The molecule has 0 bridgehead atoms. The van der Waals surface area contributed by atoms with E-state index in [9.17, 15) is 9.59 Å². The van der Waals surface area contributed by atoms with E-state index in [0.29, 0.717) is 6.42 Å². The molecule has 0 radical (unpaired) electrons. The number of carbonyl (C=O) groups excluding carboxylic acids is 2. The summed E-state index contributed by atoms with van der Waals surface area (Å²) in [6.45, 7) is 2.00. The van der Waals surface area contributed by atoms with Gasteiger partial charge in [-0.15, -0.1) is 0 Å². The minimum absolute atomic E-state index is 0.0446. The first-order valence-electron chi connectivity index (χ1n) is 8.73. The zero-order valence-electron chi connectivity index (χ0n) is 14.5. The molecule has 0 unspecified atom stereocenters. The van der Waals surface area contributed by atoms with Crippen molar-refractivity contribution in [2.45, 2.75) is 31.8 Å². The number of nitrogens with one attached hydrogen (secondary N) is 2. The Balaban J connectivity index is 1.46. The minimum atomic E-state index is -0.494. The van der Waals surface area contributed by atoms with Crippen LogP contribution in [0.1, 0.15) is 19.0 Å². The molecule has 0 aliphatic carbocycles. The number of rotatable bonds is 4. The predicted molar refractivity (Wildman–Crippen MR) is 99.7 cm³/mol. The van der Waals surface area contributed by atoms with Gasteiger partial charge in [-0.05, 0) is 31.5 Å². The van der Waals surface area contributed by atoms with Crippen LogP contribution in [0.4, 0.5) is 5.69 Å². The van der Waals surface area contributed by atoms with Crippen LogP contribution in [-0.2, 0) is 16.0 Å². The second-order valence-corrected chi connectivity index (χ2v) is 6.64. The zero-order chi connectivity index (χ0) is 18.1. The molecule has 2 heterocycles. The SMILES string of the molecule is C[C@H]1C[C@@H](NC(=O)Cc2[nH]nc3ccccc23)C(=O)N1c1ccccc1. The summed E-state index contributed by atoms with van der Waals surface area (Å²) in [6, 6.07) is 16.8. The van der Waals surface area contributed by atoms with E-state index in [0.717, 1.165) is 22.3 Å². The van der Waals surface area contributed by atoms with Crippen LogP contribution in [0.15, 0.2) is 54.6 Å². The molecule has 132 valence electrons. The highest BCUT2D eigenvalue weighted by Crippen LogP contribution is 2.26. The van der Waals surface area contributed by atoms with Gasteiger partial charge in [-0.3, -0.25) is 14.7 Å². The van der Waals surface area contributed by atoms with Crippen molar-refractivity contribution in [3.63, 3.8) is 0 Å². The molecule has 2 N–H and O–H groups in total. The number of benzene rings is 2. The standard InChI is InChI=1S/C20H20N4O2/c1-13-11-18(20(26)24(13)14-7-3-2-4-8-14)21-19(25)12-17-15-9-5-6-10-16(15)22-23-17/h2-10,13,18H,11-12H2,1H3,(H,21,25)(H,22,23)/t13-,18+/m0/s1. The van der Waals surface area contributed by atoms with Gasteiger partial charge in [-0.2, -0.15) is 5.10 Å². The fourth-order valence-electron chi connectivity index (χ4n) is 3.58. The summed E-state index contributed by atoms with van der Waals surface area (Å²) in [7, 11) is 0. The van der Waals surface area contributed by atoms with Gasteiger partial charge in [-0.1, -0.05) is 36.4 Å². The van der Waals surface area contributed by atoms with Gasteiger partial charge in [0.2, 0.25) is 11.8 Å². The van der Waals surface area contributed by atoms with E-state index in [2.05, 4.69) is 15.5 Å². The highest BCUT2D eigenvalue weighted by molar-refractivity contribution is 6.02. The molecule has 6 heteroatoms. The van der Waals surface area contributed by atoms with Crippen LogP contribution in [-0.4, -0.2) is 34.1 Å². The van der Waals surface area contributed by atoms with Crippen molar-refractivity contribution in [2.24, 2.45) is 0 Å². The average Bonchev–Trinajstić information content (AvgIpc) is 3.17. The van der Waals surface area contributed by atoms with Crippen molar-refractivity contribution in [3.05, 3.63) is 60.3 Å². The maximum Gasteiger partial charge on any atom is 0.249 e. The third-order valence-electron chi connectivity index (χ3n) is 4.80. The molecule has 26 heavy (non-hydrogen) atoms. The fraction of sp³-hybridized carbons (Fsp3) is 0.250. The molecule has 1 aliphatic heterocycles. The monoisotopic (exact) mass is 348 g/mol. The largest absolute Gasteiger partial charge is 0.344 e. The highest BCUT2D eigenvalue weighted by atomic mass is 16.2. The van der Waals surface area contributed by atoms with Gasteiger partial charge in [-0.25, -0.2) is 0 Å². The number of para-hydroxylation sites is 2. The van der Waals surface area contributed by atoms with Crippen molar-refractivity contribution in [3.8, 4) is 0 Å². The number of hydrogen-bond acceptors (Lipinski definition) is 3. The van der Waals surface area contributed by atoms with E-state index in [1.54, 1.807) is 4.90 Å². The number of nitrogens with zero attached hydrogens (tertiary/aromatic N) is 2. The predicted octanol–water partition coefficient (Wildman–Crippen LogP) is 2.42. The number of aromatic nitrogens is 2. The van der Waals surface area contributed by atoms with Crippen molar-refractivity contribution in [1.29, 1.82) is 0 Å². The van der Waals surface area contributed by atoms with Crippen LogP contribution in [0.25, 0.3) is 10.9 Å². The summed E-state index contributed by atoms with van der Waals surface area (Å²) >= 11 is 0. The Morgan fingerprint density at radius 2 is 1.92 bits per heavy atom. The lowest BCUT2D eigenvalue weighted by Crippen LogP contribution is -2.42. The van der Waals surface area contributed by atoms with Crippen molar-refractivity contribution < 1.29 is 9.59 Å². The summed E-state index contributed by atoms with van der Waals surface area (Å²) in [5.41, 5.74) is 2.45. The average molecular weight is 348 g/mol. The number of fused-ring (bicyclic) bond motifs is 1. The van der Waals surface area contributed by atoms with E-state index < -0.39 is 6.04 Å². The topological polar surface area (TPSA) is 78.1 Å². The van der Waals surface area contributed by atoms with E-state index in [1.807, 2.05) is 61.5 Å². The third kappa shape index (κ3) is 2.94. The van der Waals surface area contributed by atoms with Crippen molar-refractivity contribution in [1.82, 2.24) is 15.5 Å². The summed E-state index contributed by atoms with van der Waals surface area (Å²) in [4.78, 5) is 27.0. The van der Waals surface area contributed by atoms with Gasteiger partial charge in [0, 0.05) is 17.1 Å². The summed E-state index contributed by atoms with van der Waals surface area (Å²) in [5, 5.41) is 10.9. The smallest absolute Gasteiger partial charge is 0.249 e. The van der Waals surface area contributed by atoms with Crippen LogP contribution < -0.4 is 10.2 Å². The van der Waals surface area contributed by atoms with Crippen LogP contribution >= 0.6 is 0 Å². The fourth-order valence-corrected chi connectivity index (χ4v) is 3.58. The van der Waals surface area contributed by atoms with Crippen LogP contribution in [0.2, 0.25) is 0 Å². The minimum Gasteiger partial charge on any atom is -0.344 e. The molecule has 0 spiro atoms. The Morgan fingerprint density at radius 1 is 1.19 bits per heavy atom. The van der Waals surface area contributed by atoms with Crippen molar-refractivity contribution >= 4 is 28.4 Å². The summed E-state index contributed by atoms with van der Waals surface area (Å²) in [6.07, 6.45) is 0.771. The molecular weight excluding hydrogens is 328 g/mol. The Morgan fingerprint density at radius 3 is 2.73 bits per heavy atom. The second kappa shape index (κ2) is 6.63. The lowest BCUT2D eigenvalue weighted by molar-refractivity contribution is -0.126. The van der Waals surface area contributed by atoms with Gasteiger partial charge < -0.3 is 10.2 Å². The normalized spacial score (nSPS) is 19.9. The Labute approximate surface area is 151 Å². The first-order chi connectivity index (χ1) is 12.6. The molecule has 4 rings (SSSR count). The molecule has 2 aromatic carbocycles. The summed E-state index contributed by atoms with van der Waals surface area (Å²) in [5.74, 6) is -0.244. The molecular formula is C20H20N4O2. The van der Waals surface area contributed by atoms with E-state index in [-0.39, 0.29) is 24.3 Å². The Kier molecular flexibility index (Phi) is 4.16. The highest BCUT2D eigenvalue weighted by Gasteiger charge is 2.38. The first kappa shape index (κ1) is 16.3. The quantitative estimate of drug-likeness (QED) is 0.760.